The molecule has 0 radical (unpaired) electrons. The fourth-order valence-corrected chi connectivity index (χ4v) is 4.85. The minimum absolute atomic E-state index is 0.238. The minimum atomic E-state index is -0.717. The van der Waals surface area contributed by atoms with Gasteiger partial charge in [-0.3, -0.25) is 9.69 Å². The van der Waals surface area contributed by atoms with E-state index in [2.05, 4.69) is 70.3 Å². The van der Waals surface area contributed by atoms with Crippen LogP contribution in [0, 0.1) is 0 Å². The molecule has 0 unspecified atom stereocenters. The van der Waals surface area contributed by atoms with Gasteiger partial charge in [0.2, 0.25) is 0 Å². The molecule has 1 saturated heterocycles. The molecule has 1 atom stereocenters. The Morgan fingerprint density at radius 1 is 1.03 bits per heavy atom. The number of thiophene rings is 1. The molecular weight excluding hydrogens is 406 g/mol. The SMILES string of the molecule is O=C(O)CCCN1CCC[C@H]1COc1ccc(Cc2ccc(-c3ccsc3)cc2)cc1. The number of nitrogens with zero attached hydrogens (tertiary/aromatic N) is 1. The highest BCUT2D eigenvalue weighted by Gasteiger charge is 2.24. The lowest BCUT2D eigenvalue weighted by Crippen LogP contribution is -2.35. The Kier molecular flexibility index (Phi) is 7.39. The molecule has 0 spiro atoms. The van der Waals surface area contributed by atoms with Crippen LogP contribution < -0.4 is 4.74 Å². The van der Waals surface area contributed by atoms with Crippen molar-refractivity contribution in [1.29, 1.82) is 0 Å². The van der Waals surface area contributed by atoms with Crippen LogP contribution in [-0.2, 0) is 11.2 Å². The van der Waals surface area contributed by atoms with E-state index in [1.165, 1.54) is 22.3 Å². The molecule has 2 aromatic carbocycles. The van der Waals surface area contributed by atoms with Gasteiger partial charge in [-0.2, -0.15) is 11.3 Å². The van der Waals surface area contributed by atoms with E-state index >= 15 is 0 Å². The number of hydrogen-bond donors (Lipinski definition) is 1. The molecule has 1 fully saturated rings. The maximum atomic E-state index is 10.7. The summed E-state index contributed by atoms with van der Waals surface area (Å²) in [6.07, 6.45) is 4.12. The van der Waals surface area contributed by atoms with Crippen LogP contribution in [0.3, 0.4) is 0 Å². The molecule has 162 valence electrons. The summed E-state index contributed by atoms with van der Waals surface area (Å²) in [5.74, 6) is 0.180. The second-order valence-corrected chi connectivity index (χ2v) is 8.95. The molecule has 1 aromatic heterocycles. The van der Waals surface area contributed by atoms with Crippen LogP contribution in [-0.4, -0.2) is 41.7 Å². The predicted octanol–water partition coefficient (Wildman–Crippen LogP) is 5.71. The molecule has 5 heteroatoms. The molecule has 0 bridgehead atoms. The highest BCUT2D eigenvalue weighted by molar-refractivity contribution is 7.08. The Morgan fingerprint density at radius 2 is 1.77 bits per heavy atom. The van der Waals surface area contributed by atoms with Gasteiger partial charge in [-0.1, -0.05) is 36.4 Å². The van der Waals surface area contributed by atoms with Crippen molar-refractivity contribution in [2.24, 2.45) is 0 Å². The third-order valence-corrected chi connectivity index (χ3v) is 6.60. The number of hydrogen-bond acceptors (Lipinski definition) is 4. The van der Waals surface area contributed by atoms with Gasteiger partial charge in [0.25, 0.3) is 0 Å². The predicted molar refractivity (Wildman–Crippen MR) is 126 cm³/mol. The maximum Gasteiger partial charge on any atom is 0.303 e. The molecule has 0 aliphatic carbocycles. The Balaban J connectivity index is 1.26. The van der Waals surface area contributed by atoms with Gasteiger partial charge in [0.15, 0.2) is 0 Å². The molecule has 2 heterocycles. The summed E-state index contributed by atoms with van der Waals surface area (Å²) in [5, 5.41) is 13.1. The number of likely N-dealkylation sites (tertiary alicyclic amines) is 1. The Morgan fingerprint density at radius 3 is 2.45 bits per heavy atom. The number of rotatable bonds is 10. The smallest absolute Gasteiger partial charge is 0.303 e. The third-order valence-electron chi connectivity index (χ3n) is 5.92. The summed E-state index contributed by atoms with van der Waals surface area (Å²) in [5.41, 5.74) is 5.11. The Hall–Kier alpha value is -2.63. The van der Waals surface area contributed by atoms with Crippen molar-refractivity contribution in [3.8, 4) is 16.9 Å². The summed E-state index contributed by atoms with van der Waals surface area (Å²) in [7, 11) is 0. The molecule has 4 rings (SSSR count). The van der Waals surface area contributed by atoms with E-state index < -0.39 is 5.97 Å². The summed E-state index contributed by atoms with van der Waals surface area (Å²) in [6.45, 7) is 2.54. The maximum absolute atomic E-state index is 10.7. The molecule has 1 aliphatic heterocycles. The largest absolute Gasteiger partial charge is 0.492 e. The van der Waals surface area contributed by atoms with Crippen LogP contribution in [0.5, 0.6) is 5.75 Å². The average Bonchev–Trinajstić information content (AvgIpc) is 3.46. The third kappa shape index (κ3) is 6.18. The van der Waals surface area contributed by atoms with E-state index in [4.69, 9.17) is 9.84 Å². The van der Waals surface area contributed by atoms with Crippen LogP contribution in [0.4, 0.5) is 0 Å². The number of carbonyl (C=O) groups is 1. The molecule has 0 amide bonds. The fraction of sp³-hybridized carbons (Fsp3) is 0.346. The van der Waals surface area contributed by atoms with Crippen molar-refractivity contribution in [3.05, 3.63) is 76.5 Å². The van der Waals surface area contributed by atoms with E-state index in [9.17, 15) is 4.79 Å². The molecule has 4 nitrogen and oxygen atoms in total. The molecular formula is C26H29NO3S. The summed E-state index contributed by atoms with van der Waals surface area (Å²) in [4.78, 5) is 13.1. The van der Waals surface area contributed by atoms with Crippen molar-refractivity contribution in [3.63, 3.8) is 0 Å². The van der Waals surface area contributed by atoms with Gasteiger partial charge in [-0.05, 0) is 90.0 Å². The topological polar surface area (TPSA) is 49.8 Å². The molecule has 3 aromatic rings. The van der Waals surface area contributed by atoms with Gasteiger partial charge in [0.05, 0.1) is 0 Å². The lowest BCUT2D eigenvalue weighted by molar-refractivity contribution is -0.137. The van der Waals surface area contributed by atoms with E-state index in [-0.39, 0.29) is 6.42 Å². The standard InChI is InChI=1S/C26H29NO3S/c28-26(29)4-2-15-27-14-1-3-24(27)18-30-25-11-7-21(8-12-25)17-20-5-9-22(10-6-20)23-13-16-31-19-23/h5-13,16,19,24H,1-4,14-15,17-18H2,(H,28,29)/t24-/m0/s1. The average molecular weight is 436 g/mol. The molecule has 0 saturated carbocycles. The molecule has 31 heavy (non-hydrogen) atoms. The quantitative estimate of drug-likeness (QED) is 0.443. The number of carboxylic acids is 1. The summed E-state index contributed by atoms with van der Waals surface area (Å²) >= 11 is 1.72. The first-order valence-electron chi connectivity index (χ1n) is 11.0. The van der Waals surface area contributed by atoms with Crippen LogP contribution in [0.1, 0.15) is 36.8 Å². The minimum Gasteiger partial charge on any atom is -0.492 e. The van der Waals surface area contributed by atoms with Crippen LogP contribution in [0.25, 0.3) is 11.1 Å². The highest BCUT2D eigenvalue weighted by atomic mass is 32.1. The zero-order chi connectivity index (χ0) is 21.5. The Labute approximate surface area is 188 Å². The summed E-state index contributed by atoms with van der Waals surface area (Å²) in [6, 6.07) is 19.7. The number of benzene rings is 2. The van der Waals surface area contributed by atoms with Gasteiger partial charge in [0, 0.05) is 12.5 Å². The van der Waals surface area contributed by atoms with Gasteiger partial charge in [-0.15, -0.1) is 0 Å². The monoisotopic (exact) mass is 435 g/mol. The van der Waals surface area contributed by atoms with Crippen molar-refractivity contribution < 1.29 is 14.6 Å². The summed E-state index contributed by atoms with van der Waals surface area (Å²) < 4.78 is 6.05. The van der Waals surface area contributed by atoms with E-state index in [1.807, 2.05) is 0 Å². The number of ether oxygens (including phenoxy) is 1. The first-order valence-corrected chi connectivity index (χ1v) is 11.9. The Bertz CT molecular complexity index is 951. The van der Waals surface area contributed by atoms with Gasteiger partial charge in [-0.25, -0.2) is 0 Å². The number of carboxylic acid groups (broad SMARTS) is 1. The second kappa shape index (κ2) is 10.6. The normalized spacial score (nSPS) is 16.5. The first kappa shape index (κ1) is 21.6. The second-order valence-electron chi connectivity index (χ2n) is 8.17. The zero-order valence-corrected chi connectivity index (χ0v) is 18.5. The molecule has 1 N–H and O–H groups in total. The van der Waals surface area contributed by atoms with Crippen molar-refractivity contribution in [1.82, 2.24) is 4.90 Å². The first-order chi connectivity index (χ1) is 15.2. The lowest BCUT2D eigenvalue weighted by atomic mass is 10.0. The van der Waals surface area contributed by atoms with Crippen LogP contribution in [0.15, 0.2) is 65.4 Å². The van der Waals surface area contributed by atoms with E-state index in [0.717, 1.165) is 38.1 Å². The van der Waals surface area contributed by atoms with E-state index in [1.54, 1.807) is 11.3 Å². The lowest BCUT2D eigenvalue weighted by Gasteiger charge is -2.24. The zero-order valence-electron chi connectivity index (χ0n) is 17.7. The van der Waals surface area contributed by atoms with Gasteiger partial charge in [0.1, 0.15) is 12.4 Å². The van der Waals surface area contributed by atoms with Crippen LogP contribution in [0.2, 0.25) is 0 Å². The highest BCUT2D eigenvalue weighted by Crippen LogP contribution is 2.24. The fourth-order valence-electron chi connectivity index (χ4n) is 4.19. The van der Waals surface area contributed by atoms with E-state index in [0.29, 0.717) is 19.1 Å². The van der Waals surface area contributed by atoms with Crippen molar-refractivity contribution in [2.75, 3.05) is 19.7 Å². The van der Waals surface area contributed by atoms with Gasteiger partial charge < -0.3 is 9.84 Å². The van der Waals surface area contributed by atoms with Crippen molar-refractivity contribution >= 4 is 17.3 Å². The van der Waals surface area contributed by atoms with Crippen LogP contribution >= 0.6 is 11.3 Å². The van der Waals surface area contributed by atoms with Crippen molar-refractivity contribution in [2.45, 2.75) is 38.1 Å². The van der Waals surface area contributed by atoms with Gasteiger partial charge >= 0.3 is 5.97 Å². The molecule has 1 aliphatic rings. The number of aliphatic carboxylic acids is 1.